The molecule has 1 fully saturated rings. The number of allylic oxidation sites excluding steroid dienone is 3. The van der Waals surface area contributed by atoms with Crippen LogP contribution in [0, 0.1) is 5.41 Å². The number of ketones is 1. The topological polar surface area (TPSA) is 17.1 Å². The van der Waals surface area contributed by atoms with Crippen LogP contribution in [0.25, 0.3) is 0 Å². The van der Waals surface area contributed by atoms with Crippen LogP contribution < -0.4 is 0 Å². The van der Waals surface area contributed by atoms with Crippen molar-refractivity contribution in [2.24, 2.45) is 5.41 Å². The summed E-state index contributed by atoms with van der Waals surface area (Å²) in [5.74, 6) is 0.308. The lowest BCUT2D eigenvalue weighted by Gasteiger charge is -2.31. The van der Waals surface area contributed by atoms with E-state index in [0.717, 1.165) is 32.1 Å². The Morgan fingerprint density at radius 2 is 2.00 bits per heavy atom. The van der Waals surface area contributed by atoms with Crippen molar-refractivity contribution in [1.82, 2.24) is 0 Å². The fraction of sp³-hybridized carbons (Fsp3) is 0.545. The molecule has 0 aliphatic heterocycles. The number of rotatable bonds is 0. The molecule has 0 atom stereocenters. The summed E-state index contributed by atoms with van der Waals surface area (Å²) in [6, 6.07) is 0. The van der Waals surface area contributed by atoms with Crippen LogP contribution >= 0.6 is 0 Å². The molecule has 64 valence electrons. The minimum atomic E-state index is 0.234. The average molecular weight is 162 g/mol. The molecular weight excluding hydrogens is 148 g/mol. The first-order valence-corrected chi connectivity index (χ1v) is 4.59. The van der Waals surface area contributed by atoms with Crippen LogP contribution in [0.5, 0.6) is 0 Å². The molecule has 0 amide bonds. The third kappa shape index (κ3) is 1.24. The second kappa shape index (κ2) is 2.58. The molecule has 1 nitrogen and oxygen atoms in total. The Bertz CT molecular complexity index is 250. The predicted molar refractivity (Wildman–Crippen MR) is 48.8 cm³/mol. The molecule has 0 radical (unpaired) electrons. The van der Waals surface area contributed by atoms with Crippen LogP contribution in [-0.4, -0.2) is 5.78 Å². The Morgan fingerprint density at radius 3 is 2.50 bits per heavy atom. The summed E-state index contributed by atoms with van der Waals surface area (Å²) < 4.78 is 0. The smallest absolute Gasteiger partial charge is 0.156 e. The van der Waals surface area contributed by atoms with E-state index in [1.807, 2.05) is 0 Å². The molecule has 2 rings (SSSR count). The van der Waals surface area contributed by atoms with Gasteiger partial charge in [-0.15, -0.1) is 0 Å². The van der Waals surface area contributed by atoms with Crippen molar-refractivity contribution in [1.29, 1.82) is 0 Å². The molecule has 2 aliphatic carbocycles. The predicted octanol–water partition coefficient (Wildman–Crippen LogP) is 2.63. The zero-order chi connectivity index (χ0) is 8.60. The SMILES string of the molecule is C=C1CCC2(C=CC(=O)C2)CC1. The van der Waals surface area contributed by atoms with Gasteiger partial charge in [0.2, 0.25) is 0 Å². The van der Waals surface area contributed by atoms with E-state index in [0.29, 0.717) is 5.78 Å². The molecule has 1 saturated carbocycles. The van der Waals surface area contributed by atoms with Gasteiger partial charge in [0.25, 0.3) is 0 Å². The minimum Gasteiger partial charge on any atom is -0.295 e. The van der Waals surface area contributed by atoms with Crippen molar-refractivity contribution in [2.45, 2.75) is 32.1 Å². The van der Waals surface area contributed by atoms with E-state index >= 15 is 0 Å². The highest BCUT2D eigenvalue weighted by Crippen LogP contribution is 2.44. The molecule has 1 spiro atoms. The fourth-order valence-electron chi connectivity index (χ4n) is 2.18. The van der Waals surface area contributed by atoms with Gasteiger partial charge in [-0.1, -0.05) is 18.2 Å². The van der Waals surface area contributed by atoms with Crippen molar-refractivity contribution < 1.29 is 4.79 Å². The van der Waals surface area contributed by atoms with Gasteiger partial charge in [-0.25, -0.2) is 0 Å². The zero-order valence-corrected chi connectivity index (χ0v) is 7.31. The number of hydrogen-bond donors (Lipinski definition) is 0. The van der Waals surface area contributed by atoms with Gasteiger partial charge in [0, 0.05) is 6.42 Å². The zero-order valence-electron chi connectivity index (χ0n) is 7.31. The Labute approximate surface area is 73.2 Å². The summed E-state index contributed by atoms with van der Waals surface area (Å²) in [7, 11) is 0. The highest BCUT2D eigenvalue weighted by molar-refractivity contribution is 5.93. The summed E-state index contributed by atoms with van der Waals surface area (Å²) in [5.41, 5.74) is 1.59. The largest absolute Gasteiger partial charge is 0.295 e. The number of carbonyl (C=O) groups excluding carboxylic acids is 1. The van der Waals surface area contributed by atoms with E-state index in [1.165, 1.54) is 5.57 Å². The van der Waals surface area contributed by atoms with Crippen molar-refractivity contribution >= 4 is 5.78 Å². The normalized spacial score (nSPS) is 27.0. The van der Waals surface area contributed by atoms with Gasteiger partial charge in [0.1, 0.15) is 0 Å². The summed E-state index contributed by atoms with van der Waals surface area (Å²) in [4.78, 5) is 11.1. The van der Waals surface area contributed by atoms with E-state index in [4.69, 9.17) is 0 Å². The molecule has 12 heavy (non-hydrogen) atoms. The highest BCUT2D eigenvalue weighted by Gasteiger charge is 2.35. The maximum absolute atomic E-state index is 11.1. The van der Waals surface area contributed by atoms with Gasteiger partial charge in [0.15, 0.2) is 5.78 Å². The summed E-state index contributed by atoms with van der Waals surface area (Å²) in [5, 5.41) is 0. The molecule has 0 N–H and O–H groups in total. The van der Waals surface area contributed by atoms with Gasteiger partial charge < -0.3 is 0 Å². The Kier molecular flexibility index (Phi) is 1.67. The van der Waals surface area contributed by atoms with Crippen LogP contribution in [0.3, 0.4) is 0 Å². The van der Waals surface area contributed by atoms with Gasteiger partial charge in [-0.3, -0.25) is 4.79 Å². The van der Waals surface area contributed by atoms with Gasteiger partial charge in [0.05, 0.1) is 0 Å². The second-order valence-electron chi connectivity index (χ2n) is 4.09. The molecule has 1 heteroatoms. The third-order valence-corrected chi connectivity index (χ3v) is 3.10. The van der Waals surface area contributed by atoms with E-state index < -0.39 is 0 Å². The first-order valence-electron chi connectivity index (χ1n) is 4.59. The van der Waals surface area contributed by atoms with Crippen LogP contribution in [0.4, 0.5) is 0 Å². The number of hydrogen-bond acceptors (Lipinski definition) is 1. The second-order valence-corrected chi connectivity index (χ2v) is 4.09. The number of carbonyl (C=O) groups is 1. The van der Waals surface area contributed by atoms with E-state index in [9.17, 15) is 4.79 Å². The van der Waals surface area contributed by atoms with Crippen molar-refractivity contribution in [3.8, 4) is 0 Å². The lowest BCUT2D eigenvalue weighted by atomic mass is 9.72. The Hall–Kier alpha value is -0.850. The maximum atomic E-state index is 11.1. The van der Waals surface area contributed by atoms with E-state index in [-0.39, 0.29) is 5.41 Å². The molecule has 0 unspecified atom stereocenters. The summed E-state index contributed by atoms with van der Waals surface area (Å²) in [6.07, 6.45) is 9.12. The van der Waals surface area contributed by atoms with Crippen LogP contribution in [0.2, 0.25) is 0 Å². The monoisotopic (exact) mass is 162 g/mol. The standard InChI is InChI=1S/C11H14O/c1-9-2-5-11(6-3-9)7-4-10(12)8-11/h4,7H,1-3,5-6,8H2. The van der Waals surface area contributed by atoms with Gasteiger partial charge in [-0.2, -0.15) is 0 Å². The summed E-state index contributed by atoms with van der Waals surface area (Å²) >= 11 is 0. The van der Waals surface area contributed by atoms with Gasteiger partial charge in [-0.05, 0) is 37.2 Å². The molecule has 0 aromatic carbocycles. The van der Waals surface area contributed by atoms with Crippen LogP contribution in [0.15, 0.2) is 24.3 Å². The molecule has 0 aromatic rings. The van der Waals surface area contributed by atoms with Crippen molar-refractivity contribution in [3.63, 3.8) is 0 Å². The first-order chi connectivity index (χ1) is 5.70. The Morgan fingerprint density at radius 1 is 1.33 bits per heavy atom. The van der Waals surface area contributed by atoms with Crippen LogP contribution in [-0.2, 0) is 4.79 Å². The van der Waals surface area contributed by atoms with E-state index in [2.05, 4.69) is 12.7 Å². The summed E-state index contributed by atoms with van der Waals surface area (Å²) in [6.45, 7) is 3.98. The minimum absolute atomic E-state index is 0.234. The average Bonchev–Trinajstić information content (AvgIpc) is 2.40. The lowest BCUT2D eigenvalue weighted by Crippen LogP contribution is -2.21. The lowest BCUT2D eigenvalue weighted by molar-refractivity contribution is -0.115. The highest BCUT2D eigenvalue weighted by atomic mass is 16.1. The molecule has 0 heterocycles. The third-order valence-electron chi connectivity index (χ3n) is 3.10. The van der Waals surface area contributed by atoms with Crippen molar-refractivity contribution in [3.05, 3.63) is 24.3 Å². The fourth-order valence-corrected chi connectivity index (χ4v) is 2.18. The van der Waals surface area contributed by atoms with Crippen LogP contribution in [0.1, 0.15) is 32.1 Å². The maximum Gasteiger partial charge on any atom is 0.156 e. The Balaban J connectivity index is 2.10. The molecular formula is C11H14O. The molecule has 0 bridgehead atoms. The van der Waals surface area contributed by atoms with Crippen molar-refractivity contribution in [2.75, 3.05) is 0 Å². The first kappa shape index (κ1) is 7.78. The van der Waals surface area contributed by atoms with Gasteiger partial charge >= 0.3 is 0 Å². The molecule has 0 saturated heterocycles. The molecule has 2 aliphatic rings. The van der Waals surface area contributed by atoms with E-state index in [1.54, 1.807) is 6.08 Å². The molecule has 0 aromatic heterocycles. The quantitative estimate of drug-likeness (QED) is 0.500.